The Hall–Kier alpha value is -3.24. The van der Waals surface area contributed by atoms with Gasteiger partial charge in [0.2, 0.25) is 0 Å². The fourth-order valence-electron chi connectivity index (χ4n) is 15.4. The minimum atomic E-state index is 0.170. The van der Waals surface area contributed by atoms with Crippen LogP contribution in [0.5, 0.6) is 0 Å². The first kappa shape index (κ1) is 38.4. The Labute approximate surface area is 361 Å². The van der Waals surface area contributed by atoms with Gasteiger partial charge in [-0.15, -0.1) is 0 Å². The molecule has 13 atom stereocenters. The minimum absolute atomic E-state index is 0.170. The summed E-state index contributed by atoms with van der Waals surface area (Å²) < 4.78 is 0. The first-order valence-electron chi connectivity index (χ1n) is 25.3. The summed E-state index contributed by atoms with van der Waals surface area (Å²) in [7, 11) is 0. The molecule has 13 unspecified atom stereocenters. The Balaban J connectivity index is 0.806. The van der Waals surface area contributed by atoms with Gasteiger partial charge in [0.25, 0.3) is 0 Å². The molecule has 0 bridgehead atoms. The normalized spacial score (nSPS) is 42.0. The molecule has 3 nitrogen and oxygen atoms in total. The quantitative estimate of drug-likeness (QED) is 0.243. The van der Waals surface area contributed by atoms with E-state index < -0.39 is 0 Å². The van der Waals surface area contributed by atoms with Gasteiger partial charge in [-0.1, -0.05) is 110 Å². The molecule has 1 aliphatic heterocycles. The fraction of sp³-hybridized carbons (Fsp3) is 0.579. The van der Waals surface area contributed by atoms with Crippen LogP contribution in [0.1, 0.15) is 128 Å². The monoisotopic (exact) mass is 798 g/mol. The lowest BCUT2D eigenvalue weighted by Crippen LogP contribution is -2.70. The molecule has 12 rings (SSSR count). The predicted molar refractivity (Wildman–Crippen MR) is 248 cm³/mol. The number of allylic oxidation sites excluding steroid dienone is 21. The van der Waals surface area contributed by atoms with Crippen LogP contribution >= 0.6 is 0 Å². The molecule has 60 heavy (non-hydrogen) atoms. The van der Waals surface area contributed by atoms with Crippen LogP contribution in [0.25, 0.3) is 0 Å². The fourth-order valence-corrected chi connectivity index (χ4v) is 15.4. The van der Waals surface area contributed by atoms with Gasteiger partial charge in [0.15, 0.2) is 0 Å². The number of fused-ring (bicyclic) bond motifs is 10. The first-order valence-corrected chi connectivity index (χ1v) is 25.3. The zero-order valence-corrected chi connectivity index (χ0v) is 36.3. The van der Waals surface area contributed by atoms with Gasteiger partial charge in [0.1, 0.15) is 0 Å². The third kappa shape index (κ3) is 6.96. The molecule has 0 aromatic carbocycles. The highest BCUT2D eigenvalue weighted by Crippen LogP contribution is 2.56. The molecule has 1 heterocycles. The summed E-state index contributed by atoms with van der Waals surface area (Å²) in [6.45, 7) is 0. The summed E-state index contributed by atoms with van der Waals surface area (Å²) in [5.74, 6) is 7.16. The molecule has 1 saturated carbocycles. The van der Waals surface area contributed by atoms with E-state index in [0.717, 1.165) is 36.0 Å². The van der Waals surface area contributed by atoms with Crippen LogP contribution in [-0.2, 0) is 0 Å². The maximum atomic E-state index is 4.23. The molecule has 0 aromatic rings. The molecular weight excluding hydrogens is 727 g/mol. The van der Waals surface area contributed by atoms with Gasteiger partial charge in [0, 0.05) is 5.92 Å². The van der Waals surface area contributed by atoms with Gasteiger partial charge in [-0.2, -0.15) is 0 Å². The second-order valence-electron chi connectivity index (χ2n) is 21.2. The van der Waals surface area contributed by atoms with Gasteiger partial charge in [0.05, 0.1) is 18.5 Å². The van der Waals surface area contributed by atoms with E-state index in [1.165, 1.54) is 128 Å². The van der Waals surface area contributed by atoms with Crippen LogP contribution in [0.15, 0.2) is 141 Å². The first-order chi connectivity index (χ1) is 29.7. The smallest absolute Gasteiger partial charge is 0.0858 e. The van der Waals surface area contributed by atoms with Gasteiger partial charge in [-0.25, -0.2) is 0 Å². The third-order valence-electron chi connectivity index (χ3n) is 18.2. The van der Waals surface area contributed by atoms with Gasteiger partial charge < -0.3 is 0 Å². The molecule has 0 amide bonds. The molecule has 2 fully saturated rings. The van der Waals surface area contributed by atoms with E-state index in [0.29, 0.717) is 35.8 Å². The lowest BCUT2D eigenvalue weighted by Gasteiger charge is -2.49. The van der Waals surface area contributed by atoms with Crippen LogP contribution < -0.4 is 16.0 Å². The summed E-state index contributed by atoms with van der Waals surface area (Å²) in [5, 5.41) is 12.6. The summed E-state index contributed by atoms with van der Waals surface area (Å²) in [4.78, 5) is 0. The van der Waals surface area contributed by atoms with Crippen molar-refractivity contribution in [2.75, 3.05) is 0 Å². The van der Waals surface area contributed by atoms with E-state index in [9.17, 15) is 0 Å². The molecule has 314 valence electrons. The average molecular weight is 798 g/mol. The van der Waals surface area contributed by atoms with Crippen LogP contribution in [0.4, 0.5) is 0 Å². The van der Waals surface area contributed by atoms with Crippen molar-refractivity contribution in [3.05, 3.63) is 141 Å². The van der Waals surface area contributed by atoms with E-state index in [4.69, 9.17) is 0 Å². The molecule has 12 aliphatic rings. The molecule has 0 aromatic heterocycles. The molecule has 1 saturated heterocycles. The van der Waals surface area contributed by atoms with E-state index in [1.54, 1.807) is 39.0 Å². The highest BCUT2D eigenvalue weighted by Gasteiger charge is 2.46. The third-order valence-corrected chi connectivity index (χ3v) is 18.2. The summed E-state index contributed by atoms with van der Waals surface area (Å²) in [6, 6.07) is 0. The molecule has 3 heteroatoms. The second-order valence-corrected chi connectivity index (χ2v) is 21.2. The molecule has 11 aliphatic carbocycles. The van der Waals surface area contributed by atoms with Crippen molar-refractivity contribution in [2.24, 2.45) is 59.2 Å². The Morgan fingerprint density at radius 1 is 0.583 bits per heavy atom. The summed E-state index contributed by atoms with van der Waals surface area (Å²) in [5.41, 5.74) is 15.2. The van der Waals surface area contributed by atoms with Gasteiger partial charge in [-0.05, 0) is 213 Å². The lowest BCUT2D eigenvalue weighted by molar-refractivity contribution is 0.147. The van der Waals surface area contributed by atoms with Crippen molar-refractivity contribution in [3.63, 3.8) is 0 Å². The van der Waals surface area contributed by atoms with E-state index in [-0.39, 0.29) is 12.3 Å². The topological polar surface area (TPSA) is 36.1 Å². The Kier molecular flexibility index (Phi) is 10.6. The summed E-state index contributed by atoms with van der Waals surface area (Å²) in [6.07, 6.45) is 64.9. The van der Waals surface area contributed by atoms with Crippen molar-refractivity contribution in [1.29, 1.82) is 0 Å². The maximum absolute atomic E-state index is 4.23. The minimum Gasteiger partial charge on any atom is -0.283 e. The highest BCUT2D eigenvalue weighted by molar-refractivity contribution is 5.53. The maximum Gasteiger partial charge on any atom is 0.0858 e. The van der Waals surface area contributed by atoms with E-state index >= 15 is 0 Å². The van der Waals surface area contributed by atoms with E-state index in [1.807, 2.05) is 5.57 Å². The largest absolute Gasteiger partial charge is 0.283 e. The number of hydrogen-bond acceptors (Lipinski definition) is 3. The van der Waals surface area contributed by atoms with Gasteiger partial charge >= 0.3 is 0 Å². The molecular formula is C57H71N3. The van der Waals surface area contributed by atoms with Gasteiger partial charge in [-0.3, -0.25) is 16.0 Å². The Bertz CT molecular complexity index is 2100. The lowest BCUT2D eigenvalue weighted by atomic mass is 9.55. The molecule has 0 spiro atoms. The zero-order valence-electron chi connectivity index (χ0n) is 36.3. The highest BCUT2D eigenvalue weighted by atomic mass is 15.4. The zero-order chi connectivity index (χ0) is 39.6. The van der Waals surface area contributed by atoms with Crippen LogP contribution in [0.2, 0.25) is 0 Å². The summed E-state index contributed by atoms with van der Waals surface area (Å²) >= 11 is 0. The average Bonchev–Trinajstić information content (AvgIpc) is 3.34. The van der Waals surface area contributed by atoms with Crippen LogP contribution in [0.3, 0.4) is 0 Å². The molecule has 3 N–H and O–H groups in total. The van der Waals surface area contributed by atoms with Crippen LogP contribution in [-0.4, -0.2) is 18.5 Å². The van der Waals surface area contributed by atoms with Crippen molar-refractivity contribution in [3.8, 4) is 0 Å². The number of hydrogen-bond donors (Lipinski definition) is 3. The molecule has 0 radical (unpaired) electrons. The standard InChI is InChI=1S/C57H71N3/c1-2-14-36(15-3-1)55-58-56(41-18-12-16-37(32-41)39-28-30-51-47-24-6-4-20-43(47)45-22-8-10-26-49(45)53(51)34-39)60-57(59-55)42-19-13-17-38(33-42)40-29-31-52-48-25-7-5-21-44(48)46-23-9-11-27-50(46)54(52)35-40/h1-2,4,7,9,11,18,20,25,27,29,31-34,36,38,40,44-46,48-49,51,53,55-60H,3,5-6,8,10,12-17,19,21-24,26,28,30,35H2. The number of rotatable bonds is 5. The Morgan fingerprint density at radius 2 is 1.53 bits per heavy atom. The van der Waals surface area contributed by atoms with Crippen molar-refractivity contribution in [2.45, 2.75) is 147 Å². The number of nitrogens with one attached hydrogen (secondary N) is 3. The van der Waals surface area contributed by atoms with Crippen LogP contribution in [0, 0.1) is 59.2 Å². The Morgan fingerprint density at radius 3 is 2.50 bits per heavy atom. The van der Waals surface area contributed by atoms with Crippen molar-refractivity contribution < 1.29 is 0 Å². The SMILES string of the molecule is C1=CCC2C(=C1)C1=C(C=CC(C3C=C(C4NC(C5=CCCC(C6=CC7C(CC6)C6=C(C=CCC6)C6CCCCC67)=C5)NC(C5CC=CCC5)N4)CCC3)C1)C1C=CCCC12. The van der Waals surface area contributed by atoms with Crippen molar-refractivity contribution in [1.82, 2.24) is 16.0 Å². The van der Waals surface area contributed by atoms with Crippen molar-refractivity contribution >= 4 is 0 Å². The van der Waals surface area contributed by atoms with E-state index in [2.05, 4.69) is 107 Å². The second kappa shape index (κ2) is 16.5. The predicted octanol–water partition coefficient (Wildman–Crippen LogP) is 12.9.